The molecule has 6 nitrogen and oxygen atoms in total. The number of rotatable bonds is 3. The summed E-state index contributed by atoms with van der Waals surface area (Å²) in [6.07, 6.45) is 2.22. The van der Waals surface area contributed by atoms with Gasteiger partial charge in [-0.05, 0) is 45.4 Å². The second-order valence-corrected chi connectivity index (χ2v) is 7.00. The van der Waals surface area contributed by atoms with Crippen LogP contribution in [-0.2, 0) is 14.3 Å². The van der Waals surface area contributed by atoms with Crippen molar-refractivity contribution in [3.63, 3.8) is 0 Å². The highest BCUT2D eigenvalue weighted by Crippen LogP contribution is 2.29. The zero-order valence-electron chi connectivity index (χ0n) is 14.7. The van der Waals surface area contributed by atoms with Gasteiger partial charge in [0.2, 0.25) is 0 Å². The van der Waals surface area contributed by atoms with Crippen LogP contribution in [-0.4, -0.2) is 35.2 Å². The van der Waals surface area contributed by atoms with Gasteiger partial charge in [0.1, 0.15) is 11.6 Å². The van der Waals surface area contributed by atoms with Crippen LogP contribution in [0.3, 0.4) is 0 Å². The van der Waals surface area contributed by atoms with Crippen LogP contribution in [0.4, 0.5) is 5.69 Å². The lowest BCUT2D eigenvalue weighted by Gasteiger charge is -2.36. The standard InChI is InChI=1S/C19H22N2O4/c1-19(2,3)25-17(22)11-13-7-8-21(16(10-13)18(23)24)15-6-4-5-14(9-15)12-20/h4-6,9,11,16H,7-8,10H2,1-3H3,(H,23,24)/t16-/m0/s1. The Bertz CT molecular complexity index is 741. The second-order valence-electron chi connectivity index (χ2n) is 7.00. The first kappa shape index (κ1) is 18.5. The Morgan fingerprint density at radius 3 is 2.72 bits per heavy atom. The zero-order chi connectivity index (χ0) is 18.6. The number of nitriles is 1. The van der Waals surface area contributed by atoms with Crippen molar-refractivity contribution >= 4 is 17.6 Å². The Morgan fingerprint density at radius 2 is 2.12 bits per heavy atom. The fraction of sp³-hybridized carbons (Fsp3) is 0.421. The van der Waals surface area contributed by atoms with Gasteiger partial charge in [-0.1, -0.05) is 11.6 Å². The molecule has 6 heteroatoms. The molecule has 0 aromatic heterocycles. The van der Waals surface area contributed by atoms with Gasteiger partial charge in [0, 0.05) is 24.7 Å². The van der Waals surface area contributed by atoms with Gasteiger partial charge in [-0.25, -0.2) is 9.59 Å². The van der Waals surface area contributed by atoms with Crippen LogP contribution >= 0.6 is 0 Å². The van der Waals surface area contributed by atoms with Gasteiger partial charge in [-0.15, -0.1) is 0 Å². The van der Waals surface area contributed by atoms with Crippen molar-refractivity contribution < 1.29 is 19.4 Å². The quantitative estimate of drug-likeness (QED) is 0.671. The first-order chi connectivity index (χ1) is 11.7. The predicted octanol–water partition coefficient (Wildman–Crippen LogP) is 2.88. The maximum absolute atomic E-state index is 11.9. The SMILES string of the molecule is CC(C)(C)OC(=O)C=C1CCN(c2cccc(C#N)c2)[C@H](C(=O)O)C1. The van der Waals surface area contributed by atoms with Crippen molar-refractivity contribution in [3.8, 4) is 6.07 Å². The lowest BCUT2D eigenvalue weighted by molar-refractivity contribution is -0.148. The van der Waals surface area contributed by atoms with E-state index in [2.05, 4.69) is 6.07 Å². The van der Waals surface area contributed by atoms with Gasteiger partial charge in [0.05, 0.1) is 11.6 Å². The molecule has 25 heavy (non-hydrogen) atoms. The number of carboxylic acid groups (broad SMARTS) is 1. The van der Waals surface area contributed by atoms with E-state index in [1.165, 1.54) is 6.08 Å². The van der Waals surface area contributed by atoms with Crippen LogP contribution in [0.25, 0.3) is 0 Å². The van der Waals surface area contributed by atoms with Crippen LogP contribution < -0.4 is 4.90 Å². The lowest BCUT2D eigenvalue weighted by atomic mass is 9.95. The van der Waals surface area contributed by atoms with Crippen molar-refractivity contribution in [3.05, 3.63) is 41.5 Å². The molecule has 0 saturated carbocycles. The molecule has 1 heterocycles. The number of aliphatic carboxylic acids is 1. The van der Waals surface area contributed by atoms with E-state index < -0.39 is 23.6 Å². The third-order valence-electron chi connectivity index (χ3n) is 3.83. The minimum Gasteiger partial charge on any atom is -0.480 e. The largest absolute Gasteiger partial charge is 0.480 e. The number of ether oxygens (including phenoxy) is 1. The monoisotopic (exact) mass is 342 g/mol. The number of esters is 1. The zero-order valence-corrected chi connectivity index (χ0v) is 14.7. The van der Waals surface area contributed by atoms with Gasteiger partial charge >= 0.3 is 11.9 Å². The number of hydrogen-bond donors (Lipinski definition) is 1. The predicted molar refractivity (Wildman–Crippen MR) is 93.1 cm³/mol. The summed E-state index contributed by atoms with van der Waals surface area (Å²) in [7, 11) is 0. The summed E-state index contributed by atoms with van der Waals surface area (Å²) >= 11 is 0. The molecule has 1 N–H and O–H groups in total. The summed E-state index contributed by atoms with van der Waals surface area (Å²) in [4.78, 5) is 25.4. The van der Waals surface area contributed by atoms with Gasteiger partial charge in [0.25, 0.3) is 0 Å². The fourth-order valence-electron chi connectivity index (χ4n) is 2.79. The minimum atomic E-state index is -0.961. The summed E-state index contributed by atoms with van der Waals surface area (Å²) in [5.41, 5.74) is 1.35. The van der Waals surface area contributed by atoms with Gasteiger partial charge in [0.15, 0.2) is 0 Å². The molecule has 1 aromatic carbocycles. The third-order valence-corrected chi connectivity index (χ3v) is 3.83. The highest BCUT2D eigenvalue weighted by Gasteiger charge is 2.31. The lowest BCUT2D eigenvalue weighted by Crippen LogP contribution is -2.45. The number of hydrogen-bond acceptors (Lipinski definition) is 5. The van der Waals surface area contributed by atoms with Gasteiger partial charge in [-0.3, -0.25) is 0 Å². The smallest absolute Gasteiger partial charge is 0.331 e. The molecule has 0 aliphatic carbocycles. The fourth-order valence-corrected chi connectivity index (χ4v) is 2.79. The average molecular weight is 342 g/mol. The van der Waals surface area contributed by atoms with Crippen LogP contribution in [0.15, 0.2) is 35.9 Å². The summed E-state index contributed by atoms with van der Waals surface area (Å²) in [6.45, 7) is 5.82. The van der Waals surface area contributed by atoms with Crippen molar-refractivity contribution in [2.45, 2.75) is 45.3 Å². The summed E-state index contributed by atoms with van der Waals surface area (Å²) in [5, 5.41) is 18.6. The second kappa shape index (κ2) is 7.39. The average Bonchev–Trinajstić information content (AvgIpc) is 2.53. The molecule has 0 unspecified atom stereocenters. The third kappa shape index (κ3) is 5.08. The van der Waals surface area contributed by atoms with Crippen molar-refractivity contribution in [1.82, 2.24) is 0 Å². The molecule has 2 rings (SSSR count). The molecule has 1 aliphatic heterocycles. The highest BCUT2D eigenvalue weighted by molar-refractivity contribution is 5.84. The Balaban J connectivity index is 2.19. The Kier molecular flexibility index (Phi) is 5.48. The molecular formula is C19H22N2O4. The maximum atomic E-state index is 11.9. The molecular weight excluding hydrogens is 320 g/mol. The summed E-state index contributed by atoms with van der Waals surface area (Å²) in [6, 6.07) is 8.16. The van der Waals surface area contributed by atoms with E-state index in [9.17, 15) is 14.7 Å². The Labute approximate surface area is 147 Å². The van der Waals surface area contributed by atoms with E-state index in [0.29, 0.717) is 24.2 Å². The normalized spacial score (nSPS) is 19.4. The molecule has 0 bridgehead atoms. The van der Waals surface area contributed by atoms with Crippen molar-refractivity contribution in [2.24, 2.45) is 0 Å². The van der Waals surface area contributed by atoms with Crippen molar-refractivity contribution in [2.75, 3.05) is 11.4 Å². The van der Waals surface area contributed by atoms with E-state index in [4.69, 9.17) is 10.00 Å². The van der Waals surface area contributed by atoms with Gasteiger partial charge in [-0.2, -0.15) is 5.26 Å². The number of benzene rings is 1. The van der Waals surface area contributed by atoms with E-state index in [1.54, 1.807) is 49.9 Å². The summed E-state index contributed by atoms with van der Waals surface area (Å²) < 4.78 is 5.27. The number of nitrogens with zero attached hydrogens (tertiary/aromatic N) is 2. The Morgan fingerprint density at radius 1 is 1.40 bits per heavy atom. The number of carboxylic acids is 1. The molecule has 1 aromatic rings. The summed E-state index contributed by atoms with van der Waals surface area (Å²) in [5.74, 6) is -1.41. The molecule has 0 radical (unpaired) electrons. The topological polar surface area (TPSA) is 90.6 Å². The van der Waals surface area contributed by atoms with E-state index in [-0.39, 0.29) is 6.42 Å². The first-order valence-corrected chi connectivity index (χ1v) is 8.11. The van der Waals surface area contributed by atoms with Crippen molar-refractivity contribution in [1.29, 1.82) is 5.26 Å². The molecule has 1 atom stereocenters. The first-order valence-electron chi connectivity index (χ1n) is 8.11. The Hall–Kier alpha value is -2.81. The molecule has 1 aliphatic rings. The molecule has 1 fully saturated rings. The van der Waals surface area contributed by atoms with Crippen LogP contribution in [0.1, 0.15) is 39.2 Å². The van der Waals surface area contributed by atoms with Gasteiger partial charge < -0.3 is 14.7 Å². The maximum Gasteiger partial charge on any atom is 0.331 e. The number of carbonyl (C=O) groups excluding carboxylic acids is 1. The van der Waals surface area contributed by atoms with E-state index in [0.717, 1.165) is 5.57 Å². The van der Waals surface area contributed by atoms with Crippen LogP contribution in [0.2, 0.25) is 0 Å². The van der Waals surface area contributed by atoms with Crippen LogP contribution in [0.5, 0.6) is 0 Å². The minimum absolute atomic E-state index is 0.241. The van der Waals surface area contributed by atoms with E-state index in [1.807, 2.05) is 0 Å². The molecule has 132 valence electrons. The number of anilines is 1. The number of piperidine rings is 1. The molecule has 0 amide bonds. The van der Waals surface area contributed by atoms with Crippen LogP contribution in [0, 0.1) is 11.3 Å². The molecule has 1 saturated heterocycles. The van der Waals surface area contributed by atoms with E-state index >= 15 is 0 Å². The number of carbonyl (C=O) groups is 2. The molecule has 0 spiro atoms. The highest BCUT2D eigenvalue weighted by atomic mass is 16.6.